The standard InChI is InChI=1S/C13H16FNO3/c1-2-15-12(16)8-7-10(13(17)18)9-5-3-4-6-11(9)14/h3-6,10H,2,7-8H2,1H3,(H,15,16)(H,17,18). The SMILES string of the molecule is CCNC(=O)CCC(C(=O)O)c1ccccc1F. The maximum absolute atomic E-state index is 13.5. The lowest BCUT2D eigenvalue weighted by Gasteiger charge is -2.13. The molecule has 5 heteroatoms. The lowest BCUT2D eigenvalue weighted by Crippen LogP contribution is -2.24. The minimum Gasteiger partial charge on any atom is -0.481 e. The van der Waals surface area contributed by atoms with Gasteiger partial charge in [-0.3, -0.25) is 9.59 Å². The highest BCUT2D eigenvalue weighted by Crippen LogP contribution is 2.24. The Bertz CT molecular complexity index is 434. The summed E-state index contributed by atoms with van der Waals surface area (Å²) >= 11 is 0. The molecule has 1 unspecified atom stereocenters. The average molecular weight is 253 g/mol. The van der Waals surface area contributed by atoms with Crippen molar-refractivity contribution in [2.45, 2.75) is 25.7 Å². The largest absolute Gasteiger partial charge is 0.481 e. The molecule has 18 heavy (non-hydrogen) atoms. The Hall–Kier alpha value is -1.91. The van der Waals surface area contributed by atoms with Crippen LogP contribution in [0.4, 0.5) is 4.39 Å². The fourth-order valence-corrected chi connectivity index (χ4v) is 1.73. The predicted molar refractivity (Wildman–Crippen MR) is 64.7 cm³/mol. The fraction of sp³-hybridized carbons (Fsp3) is 0.385. The molecule has 0 saturated heterocycles. The van der Waals surface area contributed by atoms with Crippen LogP contribution in [0, 0.1) is 5.82 Å². The maximum Gasteiger partial charge on any atom is 0.311 e. The van der Waals surface area contributed by atoms with E-state index in [1.807, 2.05) is 0 Å². The van der Waals surface area contributed by atoms with E-state index in [0.29, 0.717) is 6.54 Å². The van der Waals surface area contributed by atoms with Crippen LogP contribution in [0.25, 0.3) is 0 Å². The van der Waals surface area contributed by atoms with E-state index in [2.05, 4.69) is 5.32 Å². The quantitative estimate of drug-likeness (QED) is 0.813. The summed E-state index contributed by atoms with van der Waals surface area (Å²) in [4.78, 5) is 22.4. The number of nitrogens with one attached hydrogen (secondary N) is 1. The Balaban J connectivity index is 2.76. The maximum atomic E-state index is 13.5. The molecule has 0 radical (unpaired) electrons. The summed E-state index contributed by atoms with van der Waals surface area (Å²) in [7, 11) is 0. The van der Waals surface area contributed by atoms with Crippen molar-refractivity contribution in [3.8, 4) is 0 Å². The van der Waals surface area contributed by atoms with Crippen molar-refractivity contribution in [1.29, 1.82) is 0 Å². The first-order valence-corrected chi connectivity index (χ1v) is 5.80. The van der Waals surface area contributed by atoms with Gasteiger partial charge in [0.1, 0.15) is 5.82 Å². The monoisotopic (exact) mass is 253 g/mol. The lowest BCUT2D eigenvalue weighted by molar-refractivity contribution is -0.139. The summed E-state index contributed by atoms with van der Waals surface area (Å²) in [6, 6.07) is 5.74. The summed E-state index contributed by atoms with van der Waals surface area (Å²) in [6.07, 6.45) is 0.154. The highest BCUT2D eigenvalue weighted by atomic mass is 19.1. The molecule has 98 valence electrons. The number of carbonyl (C=O) groups is 2. The van der Waals surface area contributed by atoms with Crippen LogP contribution in [0.3, 0.4) is 0 Å². The summed E-state index contributed by atoms with van der Waals surface area (Å²) in [5, 5.41) is 11.7. The molecule has 0 spiro atoms. The zero-order valence-electron chi connectivity index (χ0n) is 10.1. The van der Waals surface area contributed by atoms with Crippen LogP contribution in [0.15, 0.2) is 24.3 Å². The number of rotatable bonds is 6. The first-order chi connectivity index (χ1) is 8.56. The summed E-state index contributed by atoms with van der Waals surface area (Å²) in [5.41, 5.74) is 0.120. The first kappa shape index (κ1) is 14.2. The van der Waals surface area contributed by atoms with Crippen LogP contribution in [0.1, 0.15) is 31.2 Å². The van der Waals surface area contributed by atoms with Gasteiger partial charge in [0.2, 0.25) is 5.91 Å². The highest BCUT2D eigenvalue weighted by Gasteiger charge is 2.23. The second kappa shape index (κ2) is 6.74. The van der Waals surface area contributed by atoms with E-state index < -0.39 is 17.7 Å². The molecule has 0 aliphatic carbocycles. The van der Waals surface area contributed by atoms with Gasteiger partial charge in [0, 0.05) is 18.5 Å². The summed E-state index contributed by atoms with van der Waals surface area (Å²) in [5.74, 6) is -2.89. The number of aliphatic carboxylic acids is 1. The smallest absolute Gasteiger partial charge is 0.311 e. The van der Waals surface area contributed by atoms with E-state index in [4.69, 9.17) is 5.11 Å². The number of carboxylic acids is 1. The predicted octanol–water partition coefficient (Wildman–Crippen LogP) is 1.91. The third-order valence-electron chi connectivity index (χ3n) is 2.61. The van der Waals surface area contributed by atoms with E-state index in [1.165, 1.54) is 18.2 Å². The van der Waals surface area contributed by atoms with Gasteiger partial charge in [0.15, 0.2) is 0 Å². The third kappa shape index (κ3) is 3.84. The van der Waals surface area contributed by atoms with Gasteiger partial charge in [0.25, 0.3) is 0 Å². The Labute approximate surface area is 105 Å². The number of carboxylic acid groups (broad SMARTS) is 1. The molecule has 0 aromatic heterocycles. The molecule has 0 heterocycles. The second-order valence-electron chi connectivity index (χ2n) is 3.90. The van der Waals surface area contributed by atoms with Crippen molar-refractivity contribution in [1.82, 2.24) is 5.32 Å². The molecule has 1 aromatic carbocycles. The molecular weight excluding hydrogens is 237 g/mol. The first-order valence-electron chi connectivity index (χ1n) is 5.80. The molecule has 2 N–H and O–H groups in total. The Morgan fingerprint density at radius 1 is 1.39 bits per heavy atom. The van der Waals surface area contributed by atoms with Crippen molar-refractivity contribution in [2.75, 3.05) is 6.54 Å². The molecule has 0 aliphatic rings. The van der Waals surface area contributed by atoms with Crippen molar-refractivity contribution in [3.05, 3.63) is 35.6 Å². The van der Waals surface area contributed by atoms with Gasteiger partial charge < -0.3 is 10.4 Å². The second-order valence-corrected chi connectivity index (χ2v) is 3.90. The Morgan fingerprint density at radius 3 is 2.61 bits per heavy atom. The molecule has 1 aromatic rings. The van der Waals surface area contributed by atoms with Gasteiger partial charge in [0.05, 0.1) is 5.92 Å². The average Bonchev–Trinajstić information content (AvgIpc) is 2.31. The number of carbonyl (C=O) groups excluding carboxylic acids is 1. The lowest BCUT2D eigenvalue weighted by atomic mass is 9.94. The minimum absolute atomic E-state index is 0.0686. The van der Waals surface area contributed by atoms with E-state index >= 15 is 0 Å². The van der Waals surface area contributed by atoms with Gasteiger partial charge in [-0.2, -0.15) is 0 Å². The Kier molecular flexibility index (Phi) is 5.30. The van der Waals surface area contributed by atoms with Gasteiger partial charge in [-0.05, 0) is 19.4 Å². The molecule has 1 atom stereocenters. The summed E-state index contributed by atoms with van der Waals surface area (Å²) < 4.78 is 13.5. The van der Waals surface area contributed by atoms with E-state index in [-0.39, 0.29) is 24.3 Å². The number of benzene rings is 1. The molecule has 4 nitrogen and oxygen atoms in total. The van der Waals surface area contributed by atoms with Crippen LogP contribution >= 0.6 is 0 Å². The fourth-order valence-electron chi connectivity index (χ4n) is 1.73. The number of hydrogen-bond donors (Lipinski definition) is 2. The molecular formula is C13H16FNO3. The van der Waals surface area contributed by atoms with E-state index in [9.17, 15) is 14.0 Å². The normalized spacial score (nSPS) is 11.9. The van der Waals surface area contributed by atoms with Gasteiger partial charge in [-0.25, -0.2) is 4.39 Å². The zero-order chi connectivity index (χ0) is 13.5. The van der Waals surface area contributed by atoms with Crippen molar-refractivity contribution >= 4 is 11.9 Å². The van der Waals surface area contributed by atoms with Crippen molar-refractivity contribution < 1.29 is 19.1 Å². The summed E-state index contributed by atoms with van der Waals surface area (Å²) in [6.45, 7) is 2.28. The Morgan fingerprint density at radius 2 is 2.06 bits per heavy atom. The third-order valence-corrected chi connectivity index (χ3v) is 2.61. The highest BCUT2D eigenvalue weighted by molar-refractivity contribution is 5.79. The van der Waals surface area contributed by atoms with Crippen LogP contribution in [0.2, 0.25) is 0 Å². The molecule has 1 amide bonds. The van der Waals surface area contributed by atoms with Crippen LogP contribution in [0.5, 0.6) is 0 Å². The molecule has 0 aliphatic heterocycles. The molecule has 1 rings (SSSR count). The van der Waals surface area contributed by atoms with Crippen LogP contribution in [-0.4, -0.2) is 23.5 Å². The number of halogens is 1. The number of amides is 1. The van der Waals surface area contributed by atoms with Gasteiger partial charge in [-0.1, -0.05) is 18.2 Å². The number of hydrogen-bond acceptors (Lipinski definition) is 2. The van der Waals surface area contributed by atoms with E-state index in [0.717, 1.165) is 0 Å². The topological polar surface area (TPSA) is 66.4 Å². The van der Waals surface area contributed by atoms with Crippen molar-refractivity contribution in [3.63, 3.8) is 0 Å². The molecule has 0 fully saturated rings. The van der Waals surface area contributed by atoms with Gasteiger partial charge >= 0.3 is 5.97 Å². The van der Waals surface area contributed by atoms with E-state index in [1.54, 1.807) is 13.0 Å². The van der Waals surface area contributed by atoms with Crippen LogP contribution < -0.4 is 5.32 Å². The zero-order valence-corrected chi connectivity index (χ0v) is 10.1. The minimum atomic E-state index is -1.12. The van der Waals surface area contributed by atoms with Crippen LogP contribution in [-0.2, 0) is 9.59 Å². The molecule has 0 saturated carbocycles. The van der Waals surface area contributed by atoms with Crippen molar-refractivity contribution in [2.24, 2.45) is 0 Å². The molecule has 0 bridgehead atoms. The van der Waals surface area contributed by atoms with Gasteiger partial charge in [-0.15, -0.1) is 0 Å².